The van der Waals surface area contributed by atoms with E-state index in [0.29, 0.717) is 29.4 Å². The molecule has 0 fully saturated rings. The van der Waals surface area contributed by atoms with Gasteiger partial charge in [-0.05, 0) is 37.0 Å². The molecule has 0 aliphatic rings. The lowest BCUT2D eigenvalue weighted by Crippen LogP contribution is -2.52. The Morgan fingerprint density at radius 2 is 1.90 bits per heavy atom. The summed E-state index contributed by atoms with van der Waals surface area (Å²) in [4.78, 5) is 12.1. The second kappa shape index (κ2) is 9.52. The van der Waals surface area contributed by atoms with E-state index in [0.717, 1.165) is 18.4 Å². The molecule has 6 heteroatoms. The van der Waals surface area contributed by atoms with Crippen LogP contribution >= 0.6 is 35.6 Å². The number of aryl methyl sites for hydroxylation is 1. The Kier molecular flexibility index (Phi) is 9.30. The molecule has 21 heavy (non-hydrogen) atoms. The summed E-state index contributed by atoms with van der Waals surface area (Å²) < 4.78 is 0. The van der Waals surface area contributed by atoms with Crippen LogP contribution in [0.25, 0.3) is 0 Å². The first-order chi connectivity index (χ1) is 9.46. The molecule has 0 atom stereocenters. The Morgan fingerprint density at radius 3 is 2.38 bits per heavy atom. The Balaban J connectivity index is 0.00000400. The van der Waals surface area contributed by atoms with Crippen LogP contribution in [0, 0.1) is 0 Å². The molecule has 1 aromatic rings. The van der Waals surface area contributed by atoms with Crippen LogP contribution in [0.15, 0.2) is 18.2 Å². The fourth-order valence-corrected chi connectivity index (χ4v) is 2.60. The average molecular weight is 354 g/mol. The third kappa shape index (κ3) is 6.03. The molecule has 3 nitrogen and oxygen atoms in total. The van der Waals surface area contributed by atoms with Crippen LogP contribution in [-0.4, -0.2) is 18.0 Å². The lowest BCUT2D eigenvalue weighted by atomic mass is 9.92. The number of carbonyl (C=O) groups is 1. The SMILES string of the molecule is CCC(CC)(CN)NC(=O)CCc1ccc(Cl)cc1Cl.Cl. The number of amides is 1. The molecule has 1 amide bonds. The van der Waals surface area contributed by atoms with Crippen molar-refractivity contribution in [1.82, 2.24) is 5.32 Å². The minimum atomic E-state index is -0.291. The van der Waals surface area contributed by atoms with E-state index in [1.807, 2.05) is 19.9 Å². The maximum absolute atomic E-state index is 12.1. The number of benzene rings is 1. The van der Waals surface area contributed by atoms with Gasteiger partial charge in [-0.1, -0.05) is 43.1 Å². The molecule has 0 radical (unpaired) electrons. The summed E-state index contributed by atoms with van der Waals surface area (Å²) in [7, 11) is 0. The number of rotatable bonds is 7. The predicted octanol–water partition coefficient (Wildman–Crippen LogP) is 3.98. The van der Waals surface area contributed by atoms with Gasteiger partial charge in [0.15, 0.2) is 0 Å². The summed E-state index contributed by atoms with van der Waals surface area (Å²) in [5.74, 6) is 0.00478. The van der Waals surface area contributed by atoms with E-state index in [-0.39, 0.29) is 23.9 Å². The highest BCUT2D eigenvalue weighted by atomic mass is 35.5. The van der Waals surface area contributed by atoms with E-state index in [4.69, 9.17) is 28.9 Å². The topological polar surface area (TPSA) is 55.1 Å². The first-order valence-corrected chi connectivity index (χ1v) is 7.67. The molecule has 0 aliphatic carbocycles. The van der Waals surface area contributed by atoms with Crippen LogP contribution in [-0.2, 0) is 11.2 Å². The molecule has 1 rings (SSSR count). The van der Waals surface area contributed by atoms with Crippen molar-refractivity contribution < 1.29 is 4.79 Å². The number of halogens is 3. The first kappa shape index (κ1) is 20.5. The van der Waals surface area contributed by atoms with Crippen molar-refractivity contribution in [3.05, 3.63) is 33.8 Å². The van der Waals surface area contributed by atoms with Crippen molar-refractivity contribution in [1.29, 1.82) is 0 Å². The van der Waals surface area contributed by atoms with Crippen molar-refractivity contribution >= 4 is 41.5 Å². The van der Waals surface area contributed by atoms with Gasteiger partial charge in [-0.2, -0.15) is 0 Å². The van der Waals surface area contributed by atoms with Crippen molar-refractivity contribution in [2.75, 3.05) is 6.54 Å². The standard InChI is InChI=1S/C15H22Cl2N2O.ClH/c1-3-15(4-2,10-18)19-14(20)8-6-11-5-7-12(16)9-13(11)17;/h5,7,9H,3-4,6,8,10,18H2,1-2H3,(H,19,20);1H. The summed E-state index contributed by atoms with van der Waals surface area (Å²) >= 11 is 11.9. The van der Waals surface area contributed by atoms with Crippen LogP contribution in [0.1, 0.15) is 38.7 Å². The van der Waals surface area contributed by atoms with Crippen LogP contribution in [0.5, 0.6) is 0 Å². The molecule has 3 N–H and O–H groups in total. The number of carbonyl (C=O) groups excluding carboxylic acids is 1. The quantitative estimate of drug-likeness (QED) is 0.779. The molecule has 120 valence electrons. The van der Waals surface area contributed by atoms with Gasteiger partial charge in [-0.15, -0.1) is 12.4 Å². The van der Waals surface area contributed by atoms with E-state index < -0.39 is 0 Å². The zero-order valence-electron chi connectivity index (χ0n) is 12.4. The van der Waals surface area contributed by atoms with E-state index in [1.54, 1.807) is 12.1 Å². The number of hydrogen-bond acceptors (Lipinski definition) is 2. The Hall–Kier alpha value is -0.480. The Bertz CT molecular complexity index is 454. The molecule has 0 heterocycles. The summed E-state index contributed by atoms with van der Waals surface area (Å²) in [6, 6.07) is 5.33. The first-order valence-electron chi connectivity index (χ1n) is 6.91. The Morgan fingerprint density at radius 1 is 1.29 bits per heavy atom. The molecule has 0 aromatic heterocycles. The minimum Gasteiger partial charge on any atom is -0.349 e. The second-order valence-electron chi connectivity index (χ2n) is 4.98. The molecule has 0 spiro atoms. The van der Waals surface area contributed by atoms with Crippen molar-refractivity contribution in [3.8, 4) is 0 Å². The molecular formula is C15H23Cl3N2O. The summed E-state index contributed by atoms with van der Waals surface area (Å²) in [5, 5.41) is 4.25. The van der Waals surface area contributed by atoms with Gasteiger partial charge in [-0.25, -0.2) is 0 Å². The molecule has 0 saturated heterocycles. The minimum absolute atomic E-state index is 0. The van der Waals surface area contributed by atoms with Gasteiger partial charge in [0, 0.05) is 23.0 Å². The monoisotopic (exact) mass is 352 g/mol. The zero-order valence-corrected chi connectivity index (χ0v) is 14.7. The second-order valence-corrected chi connectivity index (χ2v) is 5.82. The smallest absolute Gasteiger partial charge is 0.220 e. The Labute approximate surface area is 143 Å². The summed E-state index contributed by atoms with van der Waals surface area (Å²) in [5.41, 5.74) is 6.41. The van der Waals surface area contributed by atoms with Gasteiger partial charge in [0.25, 0.3) is 0 Å². The number of nitrogens with two attached hydrogens (primary N) is 1. The molecule has 0 bridgehead atoms. The van der Waals surface area contributed by atoms with Gasteiger partial charge < -0.3 is 11.1 Å². The normalized spacial score (nSPS) is 10.9. The molecule has 0 aliphatic heterocycles. The predicted molar refractivity (Wildman–Crippen MR) is 92.5 cm³/mol. The molecule has 0 saturated carbocycles. The van der Waals surface area contributed by atoms with Crippen LogP contribution in [0.2, 0.25) is 10.0 Å². The fourth-order valence-electron chi connectivity index (χ4n) is 2.10. The van der Waals surface area contributed by atoms with Gasteiger partial charge in [0.05, 0.1) is 5.54 Å². The highest BCUT2D eigenvalue weighted by Crippen LogP contribution is 2.22. The van der Waals surface area contributed by atoms with Crippen molar-refractivity contribution in [3.63, 3.8) is 0 Å². The molecule has 1 aromatic carbocycles. The van der Waals surface area contributed by atoms with Crippen LogP contribution in [0.3, 0.4) is 0 Å². The van der Waals surface area contributed by atoms with Crippen LogP contribution in [0.4, 0.5) is 0 Å². The highest BCUT2D eigenvalue weighted by molar-refractivity contribution is 6.35. The highest BCUT2D eigenvalue weighted by Gasteiger charge is 2.25. The third-order valence-corrected chi connectivity index (χ3v) is 4.37. The maximum atomic E-state index is 12.1. The molecular weight excluding hydrogens is 331 g/mol. The van der Waals surface area contributed by atoms with Gasteiger partial charge in [-0.3, -0.25) is 4.79 Å². The fraction of sp³-hybridized carbons (Fsp3) is 0.533. The molecule has 0 unspecified atom stereocenters. The van der Waals surface area contributed by atoms with Crippen LogP contribution < -0.4 is 11.1 Å². The summed E-state index contributed by atoms with van der Waals surface area (Å²) in [6.45, 7) is 4.52. The zero-order chi connectivity index (χ0) is 15.2. The largest absolute Gasteiger partial charge is 0.349 e. The van der Waals surface area contributed by atoms with E-state index in [1.165, 1.54) is 0 Å². The average Bonchev–Trinajstić information content (AvgIpc) is 2.44. The number of nitrogens with one attached hydrogen (secondary N) is 1. The van der Waals surface area contributed by atoms with E-state index >= 15 is 0 Å². The van der Waals surface area contributed by atoms with Gasteiger partial charge >= 0.3 is 0 Å². The lowest BCUT2D eigenvalue weighted by Gasteiger charge is -2.31. The summed E-state index contributed by atoms with van der Waals surface area (Å²) in [6.07, 6.45) is 2.64. The van der Waals surface area contributed by atoms with Gasteiger partial charge in [0.1, 0.15) is 0 Å². The maximum Gasteiger partial charge on any atom is 0.220 e. The third-order valence-electron chi connectivity index (χ3n) is 3.79. The van der Waals surface area contributed by atoms with E-state index in [2.05, 4.69) is 5.32 Å². The van der Waals surface area contributed by atoms with Gasteiger partial charge in [0.2, 0.25) is 5.91 Å². The lowest BCUT2D eigenvalue weighted by molar-refractivity contribution is -0.123. The van der Waals surface area contributed by atoms with Crippen molar-refractivity contribution in [2.45, 2.75) is 45.1 Å². The number of hydrogen-bond donors (Lipinski definition) is 2. The van der Waals surface area contributed by atoms with Crippen molar-refractivity contribution in [2.24, 2.45) is 5.73 Å². The van der Waals surface area contributed by atoms with E-state index in [9.17, 15) is 4.79 Å².